The SMILES string of the molecule is Cc1ccc(Sc2ncccc2/C=C2/C(=O)NC(=S)N(c3ccc(Cl)cc3)C2=O)cc1. The van der Waals surface area contributed by atoms with Gasteiger partial charge in [0.15, 0.2) is 5.11 Å². The standard InChI is InChI=1S/C23H16ClN3O2S2/c1-14-4-10-18(11-5-14)31-21-15(3-2-12-25-21)13-19-20(28)26-23(30)27(22(19)29)17-8-6-16(24)7-9-17/h2-13H,1H3,(H,26,28,30)/b19-13-. The van der Waals surface area contributed by atoms with E-state index in [0.29, 0.717) is 21.3 Å². The zero-order chi connectivity index (χ0) is 22.0. The molecule has 154 valence electrons. The lowest BCUT2D eigenvalue weighted by Gasteiger charge is -2.29. The number of pyridine rings is 1. The van der Waals surface area contributed by atoms with E-state index in [4.69, 9.17) is 23.8 Å². The summed E-state index contributed by atoms with van der Waals surface area (Å²) in [7, 11) is 0. The van der Waals surface area contributed by atoms with Gasteiger partial charge in [0.25, 0.3) is 11.8 Å². The zero-order valence-corrected chi connectivity index (χ0v) is 18.7. The summed E-state index contributed by atoms with van der Waals surface area (Å²) < 4.78 is 0. The number of amides is 2. The molecule has 0 atom stereocenters. The van der Waals surface area contributed by atoms with Crippen molar-refractivity contribution >= 4 is 64.3 Å². The summed E-state index contributed by atoms with van der Waals surface area (Å²) in [6.07, 6.45) is 3.22. The molecule has 1 aliphatic rings. The molecule has 1 saturated heterocycles. The molecule has 2 aromatic carbocycles. The summed E-state index contributed by atoms with van der Waals surface area (Å²) in [6.45, 7) is 2.02. The summed E-state index contributed by atoms with van der Waals surface area (Å²) >= 11 is 12.6. The molecule has 31 heavy (non-hydrogen) atoms. The Morgan fingerprint density at radius 3 is 2.48 bits per heavy atom. The predicted octanol–water partition coefficient (Wildman–Crippen LogP) is 5.03. The van der Waals surface area contributed by atoms with Gasteiger partial charge in [-0.1, -0.05) is 47.1 Å². The summed E-state index contributed by atoms with van der Waals surface area (Å²) in [5.41, 5.74) is 2.32. The van der Waals surface area contributed by atoms with Crippen molar-refractivity contribution in [1.82, 2.24) is 10.3 Å². The maximum Gasteiger partial charge on any atom is 0.270 e. The van der Waals surface area contributed by atoms with E-state index in [1.54, 1.807) is 42.6 Å². The molecule has 1 fully saturated rings. The Morgan fingerprint density at radius 1 is 1.06 bits per heavy atom. The summed E-state index contributed by atoms with van der Waals surface area (Å²) in [5, 5.41) is 3.83. The van der Waals surface area contributed by atoms with E-state index in [-0.39, 0.29) is 10.7 Å². The van der Waals surface area contributed by atoms with E-state index >= 15 is 0 Å². The van der Waals surface area contributed by atoms with E-state index in [0.717, 1.165) is 10.5 Å². The fourth-order valence-corrected chi connectivity index (χ4v) is 4.21. The number of nitrogens with one attached hydrogen (secondary N) is 1. The molecule has 4 rings (SSSR count). The number of rotatable bonds is 4. The number of nitrogens with zero attached hydrogens (tertiary/aromatic N) is 2. The van der Waals surface area contributed by atoms with Crippen molar-refractivity contribution in [3.63, 3.8) is 0 Å². The second-order valence-corrected chi connectivity index (χ2v) is 8.63. The number of anilines is 1. The smallest absolute Gasteiger partial charge is 0.270 e. The van der Waals surface area contributed by atoms with Gasteiger partial charge in [-0.3, -0.25) is 19.8 Å². The molecular formula is C23H16ClN3O2S2. The predicted molar refractivity (Wildman–Crippen MR) is 127 cm³/mol. The van der Waals surface area contributed by atoms with Gasteiger partial charge in [-0.15, -0.1) is 0 Å². The van der Waals surface area contributed by atoms with Gasteiger partial charge in [-0.05, 0) is 67.7 Å². The Morgan fingerprint density at radius 2 is 1.77 bits per heavy atom. The second kappa shape index (κ2) is 9.01. The molecular weight excluding hydrogens is 450 g/mol. The van der Waals surface area contributed by atoms with Crippen molar-refractivity contribution in [2.24, 2.45) is 0 Å². The van der Waals surface area contributed by atoms with Crippen LogP contribution >= 0.6 is 35.6 Å². The fraction of sp³-hybridized carbons (Fsp3) is 0.0435. The van der Waals surface area contributed by atoms with Crippen molar-refractivity contribution in [3.05, 3.63) is 88.6 Å². The van der Waals surface area contributed by atoms with Crippen LogP contribution in [0.1, 0.15) is 11.1 Å². The third kappa shape index (κ3) is 4.69. The summed E-state index contributed by atoms with van der Waals surface area (Å²) in [5.74, 6) is -1.05. The maximum atomic E-state index is 13.2. The van der Waals surface area contributed by atoms with Crippen molar-refractivity contribution in [3.8, 4) is 0 Å². The Hall–Kier alpha value is -3.00. The van der Waals surface area contributed by atoms with Crippen LogP contribution in [-0.4, -0.2) is 21.9 Å². The lowest BCUT2D eigenvalue weighted by Crippen LogP contribution is -2.54. The first-order valence-electron chi connectivity index (χ1n) is 9.29. The highest BCUT2D eigenvalue weighted by molar-refractivity contribution is 7.99. The average Bonchev–Trinajstić information content (AvgIpc) is 2.75. The number of aryl methyl sites for hydroxylation is 1. The normalized spacial score (nSPS) is 15.4. The second-order valence-electron chi connectivity index (χ2n) is 6.75. The highest BCUT2D eigenvalue weighted by Gasteiger charge is 2.34. The van der Waals surface area contributed by atoms with Crippen LogP contribution in [-0.2, 0) is 9.59 Å². The van der Waals surface area contributed by atoms with E-state index < -0.39 is 11.8 Å². The quantitative estimate of drug-likeness (QED) is 0.333. The molecule has 0 unspecified atom stereocenters. The van der Waals surface area contributed by atoms with E-state index in [1.807, 2.05) is 37.3 Å². The van der Waals surface area contributed by atoms with Gasteiger partial charge in [0.2, 0.25) is 0 Å². The van der Waals surface area contributed by atoms with E-state index in [1.165, 1.54) is 16.7 Å². The number of aromatic nitrogens is 1. The van der Waals surface area contributed by atoms with E-state index in [2.05, 4.69) is 10.3 Å². The molecule has 0 bridgehead atoms. The van der Waals surface area contributed by atoms with Crippen molar-refractivity contribution < 1.29 is 9.59 Å². The minimum atomic E-state index is -0.546. The summed E-state index contributed by atoms with van der Waals surface area (Å²) in [4.78, 5) is 32.5. The van der Waals surface area contributed by atoms with Gasteiger partial charge in [0.05, 0.1) is 5.69 Å². The van der Waals surface area contributed by atoms with Crippen LogP contribution in [0.15, 0.2) is 82.4 Å². The fourth-order valence-electron chi connectivity index (χ4n) is 2.95. The van der Waals surface area contributed by atoms with Crippen LogP contribution in [0.25, 0.3) is 6.08 Å². The van der Waals surface area contributed by atoms with Crippen LogP contribution in [0, 0.1) is 6.92 Å². The molecule has 3 aromatic rings. The first kappa shape index (κ1) is 21.2. The van der Waals surface area contributed by atoms with Crippen LogP contribution in [0.2, 0.25) is 5.02 Å². The third-order valence-electron chi connectivity index (χ3n) is 4.52. The summed E-state index contributed by atoms with van der Waals surface area (Å²) in [6, 6.07) is 18.3. The number of halogens is 1. The topological polar surface area (TPSA) is 62.3 Å². The highest BCUT2D eigenvalue weighted by atomic mass is 35.5. The van der Waals surface area contributed by atoms with Gasteiger partial charge in [-0.2, -0.15) is 0 Å². The molecule has 0 radical (unpaired) electrons. The Bertz CT molecular complexity index is 1210. The number of hydrogen-bond donors (Lipinski definition) is 1. The minimum absolute atomic E-state index is 0.0231. The third-order valence-corrected chi connectivity index (χ3v) is 6.10. The van der Waals surface area contributed by atoms with Crippen LogP contribution in [0.5, 0.6) is 0 Å². The molecule has 1 aromatic heterocycles. The maximum absolute atomic E-state index is 13.2. The van der Waals surface area contributed by atoms with Gasteiger partial charge in [0, 0.05) is 21.7 Å². The first-order chi connectivity index (χ1) is 14.9. The van der Waals surface area contributed by atoms with Crippen LogP contribution in [0.4, 0.5) is 5.69 Å². The van der Waals surface area contributed by atoms with Crippen molar-refractivity contribution in [1.29, 1.82) is 0 Å². The first-order valence-corrected chi connectivity index (χ1v) is 10.9. The van der Waals surface area contributed by atoms with Gasteiger partial charge < -0.3 is 0 Å². The van der Waals surface area contributed by atoms with Crippen LogP contribution in [0.3, 0.4) is 0 Å². The number of thiocarbonyl (C=S) groups is 1. The molecule has 1 aliphatic heterocycles. The molecule has 0 spiro atoms. The van der Waals surface area contributed by atoms with Gasteiger partial charge >= 0.3 is 0 Å². The Labute approximate surface area is 194 Å². The number of carbonyl (C=O) groups excluding carboxylic acids is 2. The molecule has 2 heterocycles. The number of carbonyl (C=O) groups is 2. The Kier molecular flexibility index (Phi) is 6.18. The lowest BCUT2D eigenvalue weighted by atomic mass is 10.1. The molecule has 0 saturated carbocycles. The lowest BCUT2D eigenvalue weighted by molar-refractivity contribution is -0.122. The van der Waals surface area contributed by atoms with Crippen molar-refractivity contribution in [2.75, 3.05) is 4.90 Å². The molecule has 5 nitrogen and oxygen atoms in total. The van der Waals surface area contributed by atoms with Gasteiger partial charge in [0.1, 0.15) is 10.6 Å². The van der Waals surface area contributed by atoms with Crippen LogP contribution < -0.4 is 10.2 Å². The minimum Gasteiger partial charge on any atom is -0.298 e. The molecule has 2 amide bonds. The number of hydrogen-bond acceptors (Lipinski definition) is 5. The highest BCUT2D eigenvalue weighted by Crippen LogP contribution is 2.31. The number of benzene rings is 2. The molecule has 0 aliphatic carbocycles. The average molecular weight is 466 g/mol. The largest absolute Gasteiger partial charge is 0.298 e. The molecule has 8 heteroatoms. The zero-order valence-electron chi connectivity index (χ0n) is 16.3. The monoisotopic (exact) mass is 465 g/mol. The Balaban J connectivity index is 1.69. The van der Waals surface area contributed by atoms with Crippen molar-refractivity contribution in [2.45, 2.75) is 16.8 Å². The molecule has 1 N–H and O–H groups in total. The van der Waals surface area contributed by atoms with Gasteiger partial charge in [-0.25, -0.2) is 4.98 Å². The van der Waals surface area contributed by atoms with E-state index in [9.17, 15) is 9.59 Å².